The van der Waals surface area contributed by atoms with Crippen LogP contribution < -0.4 is 0 Å². The number of benzene rings is 1. The van der Waals surface area contributed by atoms with Crippen LogP contribution in [0.3, 0.4) is 0 Å². The molecule has 0 aliphatic carbocycles. The summed E-state index contributed by atoms with van der Waals surface area (Å²) in [6, 6.07) is 3.99. The van der Waals surface area contributed by atoms with Gasteiger partial charge in [-0.1, -0.05) is 0 Å². The molecular weight excluding hydrogens is 273 g/mol. The largest absolute Gasteiger partial charge is 0.508 e. The molecule has 4 nitrogen and oxygen atoms in total. The smallest absolute Gasteiger partial charge is 0.303 e. The quantitative estimate of drug-likeness (QED) is 0.876. The van der Waals surface area contributed by atoms with Gasteiger partial charge in [0.25, 0.3) is 0 Å². The molecule has 0 aromatic heterocycles. The summed E-state index contributed by atoms with van der Waals surface area (Å²) in [4.78, 5) is 12.8. The van der Waals surface area contributed by atoms with E-state index in [0.29, 0.717) is 11.5 Å². The highest BCUT2D eigenvalue weighted by molar-refractivity contribution is 5.66. The Balaban J connectivity index is 1.92. The van der Waals surface area contributed by atoms with Crippen molar-refractivity contribution < 1.29 is 19.4 Å². The van der Waals surface area contributed by atoms with Gasteiger partial charge in [0.1, 0.15) is 11.6 Å². The third kappa shape index (κ3) is 4.17. The third-order valence-electron chi connectivity index (χ3n) is 4.40. The van der Waals surface area contributed by atoms with Crippen LogP contribution >= 0.6 is 0 Å². The summed E-state index contributed by atoms with van der Waals surface area (Å²) in [5.41, 5.74) is 0.610. The number of carbonyl (C=O) groups is 1. The van der Waals surface area contributed by atoms with Crippen LogP contribution in [0.25, 0.3) is 0 Å². The lowest BCUT2D eigenvalue weighted by Gasteiger charge is -2.36. The number of aromatic hydroxyl groups is 1. The molecule has 0 amide bonds. The second kappa shape index (κ2) is 6.89. The number of carboxylic acids is 1. The Morgan fingerprint density at radius 3 is 2.71 bits per heavy atom. The van der Waals surface area contributed by atoms with Gasteiger partial charge < -0.3 is 10.2 Å². The standard InChI is InChI=1S/C16H22FNO3/c1-11(14-10-13(17)3-4-15(14)19)18-8-6-12(7-9-18)2-5-16(20)21/h3-4,10-12,19H,2,5-9H2,1H3,(H,20,21). The van der Waals surface area contributed by atoms with E-state index < -0.39 is 5.97 Å². The molecule has 21 heavy (non-hydrogen) atoms. The van der Waals surface area contributed by atoms with E-state index in [1.54, 1.807) is 0 Å². The number of rotatable bonds is 5. The first-order valence-electron chi connectivity index (χ1n) is 7.41. The number of phenolic OH excluding ortho intramolecular Hbond substituents is 1. The summed E-state index contributed by atoms with van der Waals surface area (Å²) < 4.78 is 13.3. The molecule has 1 aromatic carbocycles. The first-order chi connectivity index (χ1) is 9.97. The second-order valence-corrected chi connectivity index (χ2v) is 5.79. The van der Waals surface area contributed by atoms with Gasteiger partial charge >= 0.3 is 5.97 Å². The van der Waals surface area contributed by atoms with Crippen molar-refractivity contribution in [3.63, 3.8) is 0 Å². The van der Waals surface area contributed by atoms with Gasteiger partial charge in [-0.3, -0.25) is 9.69 Å². The van der Waals surface area contributed by atoms with E-state index in [4.69, 9.17) is 5.11 Å². The summed E-state index contributed by atoms with van der Waals surface area (Å²) in [6.07, 6.45) is 2.86. The number of halogens is 1. The molecule has 1 atom stereocenters. The lowest BCUT2D eigenvalue weighted by molar-refractivity contribution is -0.137. The van der Waals surface area contributed by atoms with Crippen molar-refractivity contribution >= 4 is 5.97 Å². The molecule has 1 unspecified atom stereocenters. The number of nitrogens with zero attached hydrogens (tertiary/aromatic N) is 1. The lowest BCUT2D eigenvalue weighted by atomic mass is 9.91. The molecule has 1 fully saturated rings. The number of likely N-dealkylation sites (tertiary alicyclic amines) is 1. The van der Waals surface area contributed by atoms with Crippen LogP contribution in [0.4, 0.5) is 4.39 Å². The number of hydrogen-bond acceptors (Lipinski definition) is 3. The van der Waals surface area contributed by atoms with Crippen molar-refractivity contribution in [1.82, 2.24) is 4.90 Å². The monoisotopic (exact) mass is 295 g/mol. The molecule has 1 heterocycles. The van der Waals surface area contributed by atoms with E-state index in [0.717, 1.165) is 32.4 Å². The zero-order chi connectivity index (χ0) is 15.4. The first-order valence-corrected chi connectivity index (χ1v) is 7.41. The van der Waals surface area contributed by atoms with Gasteiger partial charge in [-0.25, -0.2) is 4.39 Å². The molecule has 1 aliphatic rings. The van der Waals surface area contributed by atoms with Gasteiger partial charge in [0, 0.05) is 18.0 Å². The molecular formula is C16H22FNO3. The van der Waals surface area contributed by atoms with Crippen molar-refractivity contribution in [2.24, 2.45) is 5.92 Å². The van der Waals surface area contributed by atoms with E-state index in [-0.39, 0.29) is 24.0 Å². The van der Waals surface area contributed by atoms with Gasteiger partial charge in [0.2, 0.25) is 0 Å². The fourth-order valence-electron chi connectivity index (χ4n) is 3.01. The van der Waals surface area contributed by atoms with Gasteiger partial charge in [-0.15, -0.1) is 0 Å². The maximum atomic E-state index is 13.3. The summed E-state index contributed by atoms with van der Waals surface area (Å²) in [5.74, 6) is -0.510. The van der Waals surface area contributed by atoms with Crippen molar-refractivity contribution in [1.29, 1.82) is 0 Å². The summed E-state index contributed by atoms with van der Waals surface area (Å²) in [5, 5.41) is 18.6. The molecule has 0 saturated carbocycles. The summed E-state index contributed by atoms with van der Waals surface area (Å²) in [7, 11) is 0. The van der Waals surface area contributed by atoms with Crippen LogP contribution in [-0.4, -0.2) is 34.2 Å². The van der Waals surface area contributed by atoms with Crippen LogP contribution in [-0.2, 0) is 4.79 Å². The van der Waals surface area contributed by atoms with Crippen LogP contribution in [0, 0.1) is 11.7 Å². The minimum absolute atomic E-state index is 0.0406. The predicted octanol–water partition coefficient (Wildman–Crippen LogP) is 3.17. The molecule has 1 aromatic rings. The zero-order valence-corrected chi connectivity index (χ0v) is 12.3. The lowest BCUT2D eigenvalue weighted by Crippen LogP contribution is -2.35. The van der Waals surface area contributed by atoms with E-state index in [2.05, 4.69) is 4.90 Å². The zero-order valence-electron chi connectivity index (χ0n) is 12.3. The number of hydrogen-bond donors (Lipinski definition) is 2. The van der Waals surface area contributed by atoms with Gasteiger partial charge in [-0.05, 0) is 63.4 Å². The molecule has 5 heteroatoms. The average molecular weight is 295 g/mol. The third-order valence-corrected chi connectivity index (χ3v) is 4.40. The summed E-state index contributed by atoms with van der Waals surface area (Å²) in [6.45, 7) is 3.66. The topological polar surface area (TPSA) is 60.8 Å². The Bertz CT molecular complexity index is 498. The molecule has 1 saturated heterocycles. The van der Waals surface area contributed by atoms with Gasteiger partial charge in [0.05, 0.1) is 0 Å². The maximum Gasteiger partial charge on any atom is 0.303 e. The van der Waals surface area contributed by atoms with Crippen LogP contribution in [0.2, 0.25) is 0 Å². The van der Waals surface area contributed by atoms with E-state index in [1.165, 1.54) is 18.2 Å². The molecule has 0 spiro atoms. The molecule has 0 radical (unpaired) electrons. The minimum Gasteiger partial charge on any atom is -0.508 e. The maximum absolute atomic E-state index is 13.3. The van der Waals surface area contributed by atoms with E-state index in [1.807, 2.05) is 6.92 Å². The fourth-order valence-corrected chi connectivity index (χ4v) is 3.01. The van der Waals surface area contributed by atoms with Crippen molar-refractivity contribution in [3.05, 3.63) is 29.6 Å². The van der Waals surface area contributed by atoms with E-state index >= 15 is 0 Å². The Morgan fingerprint density at radius 2 is 2.10 bits per heavy atom. The first kappa shape index (κ1) is 15.8. The highest BCUT2D eigenvalue weighted by Crippen LogP contribution is 2.32. The van der Waals surface area contributed by atoms with Crippen molar-refractivity contribution in [3.8, 4) is 5.75 Å². The van der Waals surface area contributed by atoms with Crippen molar-refractivity contribution in [2.75, 3.05) is 13.1 Å². The van der Waals surface area contributed by atoms with E-state index in [9.17, 15) is 14.3 Å². The van der Waals surface area contributed by atoms with Gasteiger partial charge in [0.15, 0.2) is 0 Å². The summed E-state index contributed by atoms with van der Waals surface area (Å²) >= 11 is 0. The Labute approximate surface area is 124 Å². The Morgan fingerprint density at radius 1 is 1.43 bits per heavy atom. The normalized spacial score (nSPS) is 18.6. The Kier molecular flexibility index (Phi) is 5.17. The highest BCUT2D eigenvalue weighted by atomic mass is 19.1. The van der Waals surface area contributed by atoms with Crippen LogP contribution in [0.1, 0.15) is 44.2 Å². The van der Waals surface area contributed by atoms with Crippen LogP contribution in [0.5, 0.6) is 5.75 Å². The second-order valence-electron chi connectivity index (χ2n) is 5.79. The highest BCUT2D eigenvalue weighted by Gasteiger charge is 2.25. The number of aliphatic carboxylic acids is 1. The SMILES string of the molecule is CC(c1cc(F)ccc1O)N1CCC(CCC(=O)O)CC1. The number of phenols is 1. The van der Waals surface area contributed by atoms with Crippen molar-refractivity contribution in [2.45, 2.75) is 38.6 Å². The molecule has 116 valence electrons. The molecule has 0 bridgehead atoms. The average Bonchev–Trinajstić information content (AvgIpc) is 2.47. The number of piperidine rings is 1. The molecule has 2 rings (SSSR count). The fraction of sp³-hybridized carbons (Fsp3) is 0.562. The number of carboxylic acid groups (broad SMARTS) is 1. The minimum atomic E-state index is -0.740. The predicted molar refractivity (Wildman–Crippen MR) is 77.6 cm³/mol. The van der Waals surface area contributed by atoms with Crippen LogP contribution in [0.15, 0.2) is 18.2 Å². The Hall–Kier alpha value is -1.62. The molecule has 1 aliphatic heterocycles. The molecule has 2 N–H and O–H groups in total. The van der Waals surface area contributed by atoms with Gasteiger partial charge in [-0.2, -0.15) is 0 Å².